The van der Waals surface area contributed by atoms with Gasteiger partial charge in [-0.25, -0.2) is 0 Å². The maximum absolute atomic E-state index is 13.7. The molecule has 3 atom stereocenters. The van der Waals surface area contributed by atoms with E-state index in [0.717, 1.165) is 18.8 Å². The summed E-state index contributed by atoms with van der Waals surface area (Å²) in [5.74, 6) is -0.826. The molecule has 3 fully saturated rings. The Morgan fingerprint density at radius 3 is 2.42 bits per heavy atom. The zero-order valence-corrected chi connectivity index (χ0v) is 21.8. The summed E-state index contributed by atoms with van der Waals surface area (Å²) < 4.78 is 10.6. The minimum absolute atomic E-state index is 0.0602. The summed E-state index contributed by atoms with van der Waals surface area (Å²) in [7, 11) is 0. The number of rotatable bonds is 7. The lowest BCUT2D eigenvalue weighted by Crippen LogP contribution is -2.53. The predicted octanol–water partition coefficient (Wildman–Crippen LogP) is 1.96. The van der Waals surface area contributed by atoms with Crippen LogP contribution in [0.4, 0.5) is 5.69 Å². The molecule has 202 valence electrons. The van der Waals surface area contributed by atoms with Crippen molar-refractivity contribution in [3.63, 3.8) is 0 Å². The monoisotopic (exact) mass is 522 g/mol. The highest BCUT2D eigenvalue weighted by atomic mass is 16.5. The third-order valence-electron chi connectivity index (χ3n) is 7.51. The van der Waals surface area contributed by atoms with Crippen LogP contribution in [0.2, 0.25) is 0 Å². The first-order valence-corrected chi connectivity index (χ1v) is 13.2. The lowest BCUT2D eigenvalue weighted by atomic mass is 10.0. The van der Waals surface area contributed by atoms with Crippen LogP contribution in [-0.4, -0.2) is 90.8 Å². The van der Waals surface area contributed by atoms with Crippen LogP contribution in [-0.2, 0) is 14.3 Å². The van der Waals surface area contributed by atoms with Crippen molar-refractivity contribution in [3.8, 4) is 0 Å². The van der Waals surface area contributed by atoms with Crippen molar-refractivity contribution in [2.24, 2.45) is 5.92 Å². The summed E-state index contributed by atoms with van der Waals surface area (Å²) in [6.07, 6.45) is 2.36. The summed E-state index contributed by atoms with van der Waals surface area (Å²) >= 11 is 0. The number of likely N-dealkylation sites (tertiary alicyclic amines) is 2. The SMILES string of the molecule is CC(C)CC(NC(=O)c1ccc(N2CCOCC2)cc1)C(=O)N1CCC2C1C(=O)CN2C(=O)c1ccco1. The van der Waals surface area contributed by atoms with Gasteiger partial charge < -0.3 is 29.2 Å². The van der Waals surface area contributed by atoms with Crippen LogP contribution in [0.1, 0.15) is 47.6 Å². The van der Waals surface area contributed by atoms with Crippen molar-refractivity contribution in [1.29, 1.82) is 0 Å². The van der Waals surface area contributed by atoms with Gasteiger partial charge in [0.2, 0.25) is 5.91 Å². The number of morpholine rings is 1. The fraction of sp³-hybridized carbons (Fsp3) is 0.500. The van der Waals surface area contributed by atoms with Gasteiger partial charge in [0.1, 0.15) is 12.1 Å². The normalized spacial score (nSPS) is 22.1. The first kappa shape index (κ1) is 26.0. The number of ether oxygens (including phenoxy) is 1. The average Bonchev–Trinajstić information content (AvgIpc) is 3.67. The molecule has 2 aromatic rings. The lowest BCUT2D eigenvalue weighted by Gasteiger charge is -2.29. The average molecular weight is 523 g/mol. The van der Waals surface area contributed by atoms with E-state index >= 15 is 0 Å². The summed E-state index contributed by atoms with van der Waals surface area (Å²) in [4.78, 5) is 58.0. The topological polar surface area (TPSA) is 112 Å². The van der Waals surface area contributed by atoms with E-state index in [0.29, 0.717) is 38.2 Å². The zero-order valence-electron chi connectivity index (χ0n) is 21.8. The molecule has 0 aliphatic carbocycles. The van der Waals surface area contributed by atoms with Gasteiger partial charge in [0.05, 0.1) is 32.1 Å². The minimum atomic E-state index is -0.775. The van der Waals surface area contributed by atoms with E-state index < -0.39 is 18.1 Å². The summed E-state index contributed by atoms with van der Waals surface area (Å²) in [6.45, 7) is 7.22. The van der Waals surface area contributed by atoms with Gasteiger partial charge >= 0.3 is 0 Å². The van der Waals surface area contributed by atoms with E-state index in [2.05, 4.69) is 10.2 Å². The highest BCUT2D eigenvalue weighted by Gasteiger charge is 2.52. The molecule has 0 bridgehead atoms. The third-order valence-corrected chi connectivity index (χ3v) is 7.51. The number of carbonyl (C=O) groups is 4. The van der Waals surface area contributed by atoms with Crippen LogP contribution in [0.5, 0.6) is 0 Å². The van der Waals surface area contributed by atoms with Crippen molar-refractivity contribution < 1.29 is 28.3 Å². The fourth-order valence-corrected chi connectivity index (χ4v) is 5.66. The Labute approximate surface area is 221 Å². The van der Waals surface area contributed by atoms with Crippen LogP contribution in [0.15, 0.2) is 47.1 Å². The number of anilines is 1. The number of benzene rings is 1. The Balaban J connectivity index is 1.28. The molecule has 4 heterocycles. The number of nitrogens with zero attached hydrogens (tertiary/aromatic N) is 3. The van der Waals surface area contributed by atoms with E-state index in [4.69, 9.17) is 9.15 Å². The molecule has 1 aromatic carbocycles. The van der Waals surface area contributed by atoms with Crippen LogP contribution in [0, 0.1) is 5.92 Å². The highest BCUT2D eigenvalue weighted by Crippen LogP contribution is 2.32. The minimum Gasteiger partial charge on any atom is -0.459 e. The van der Waals surface area contributed by atoms with E-state index in [1.807, 2.05) is 26.0 Å². The zero-order chi connectivity index (χ0) is 26.8. The molecule has 3 unspecified atom stereocenters. The van der Waals surface area contributed by atoms with Gasteiger partial charge in [-0.2, -0.15) is 0 Å². The molecule has 0 saturated carbocycles. The molecule has 10 nitrogen and oxygen atoms in total. The second-order valence-electron chi connectivity index (χ2n) is 10.5. The Bertz CT molecular complexity index is 1170. The molecule has 1 aromatic heterocycles. The molecular formula is C28H34N4O6. The molecule has 1 N–H and O–H groups in total. The van der Waals surface area contributed by atoms with E-state index in [-0.39, 0.29) is 41.7 Å². The molecule has 3 aliphatic rings. The molecule has 5 rings (SSSR count). The number of amides is 3. The first-order valence-electron chi connectivity index (χ1n) is 13.2. The highest BCUT2D eigenvalue weighted by molar-refractivity contribution is 6.02. The molecule has 0 radical (unpaired) electrons. The number of nitrogens with one attached hydrogen (secondary N) is 1. The lowest BCUT2D eigenvalue weighted by molar-refractivity contribution is -0.138. The number of furan rings is 1. The van der Waals surface area contributed by atoms with Crippen LogP contribution >= 0.6 is 0 Å². The number of Topliss-reactive ketones (excluding diaryl/α,β-unsaturated/α-hetero) is 1. The Kier molecular flexibility index (Phi) is 7.51. The molecule has 0 spiro atoms. The number of hydrogen-bond acceptors (Lipinski definition) is 7. The number of fused-ring (bicyclic) bond motifs is 1. The predicted molar refractivity (Wildman–Crippen MR) is 139 cm³/mol. The van der Waals surface area contributed by atoms with Crippen molar-refractivity contribution in [2.45, 2.75) is 44.8 Å². The van der Waals surface area contributed by atoms with Gasteiger partial charge in [-0.05, 0) is 55.2 Å². The van der Waals surface area contributed by atoms with Gasteiger partial charge in [-0.3, -0.25) is 19.2 Å². The number of ketones is 1. The Morgan fingerprint density at radius 2 is 1.76 bits per heavy atom. The fourth-order valence-electron chi connectivity index (χ4n) is 5.66. The first-order chi connectivity index (χ1) is 18.3. The quantitative estimate of drug-likeness (QED) is 0.592. The number of carbonyl (C=O) groups excluding carboxylic acids is 4. The maximum Gasteiger partial charge on any atom is 0.290 e. The molecule has 3 saturated heterocycles. The molecule has 10 heteroatoms. The molecule has 3 amide bonds. The standard InChI is InChI=1S/C28H34N4O6/c1-18(2)16-21(29-26(34)19-5-7-20(8-6-19)30-11-14-37-15-12-30)27(35)31-10-9-22-25(31)23(33)17-32(22)28(36)24-4-3-13-38-24/h3-8,13,18,21-22,25H,9-12,14-17H2,1-2H3,(H,29,34). The maximum atomic E-state index is 13.7. The van der Waals surface area contributed by atoms with Crippen molar-refractivity contribution in [2.75, 3.05) is 44.3 Å². The van der Waals surface area contributed by atoms with E-state index in [1.165, 1.54) is 11.2 Å². The van der Waals surface area contributed by atoms with Gasteiger partial charge in [0, 0.05) is 30.9 Å². The van der Waals surface area contributed by atoms with Crippen molar-refractivity contribution in [3.05, 3.63) is 54.0 Å². The summed E-state index contributed by atoms with van der Waals surface area (Å²) in [5, 5.41) is 2.92. The second kappa shape index (κ2) is 11.0. The smallest absolute Gasteiger partial charge is 0.290 e. The van der Waals surface area contributed by atoms with Gasteiger partial charge in [-0.1, -0.05) is 13.8 Å². The van der Waals surface area contributed by atoms with Crippen molar-refractivity contribution in [1.82, 2.24) is 15.1 Å². The Hall–Kier alpha value is -3.66. The second-order valence-corrected chi connectivity index (χ2v) is 10.5. The van der Waals surface area contributed by atoms with E-state index in [9.17, 15) is 19.2 Å². The molecular weight excluding hydrogens is 488 g/mol. The summed E-state index contributed by atoms with van der Waals surface area (Å²) in [5.41, 5.74) is 1.49. The Morgan fingerprint density at radius 1 is 1.03 bits per heavy atom. The van der Waals surface area contributed by atoms with Gasteiger partial charge in [0.25, 0.3) is 11.8 Å². The van der Waals surface area contributed by atoms with Crippen LogP contribution in [0.25, 0.3) is 0 Å². The third kappa shape index (κ3) is 5.18. The van der Waals surface area contributed by atoms with Gasteiger partial charge in [-0.15, -0.1) is 0 Å². The molecule has 38 heavy (non-hydrogen) atoms. The molecule has 3 aliphatic heterocycles. The van der Waals surface area contributed by atoms with E-state index in [1.54, 1.807) is 29.2 Å². The summed E-state index contributed by atoms with van der Waals surface area (Å²) in [6, 6.07) is 8.67. The van der Waals surface area contributed by atoms with Gasteiger partial charge in [0.15, 0.2) is 11.5 Å². The van der Waals surface area contributed by atoms with Crippen LogP contribution in [0.3, 0.4) is 0 Å². The number of hydrogen-bond donors (Lipinski definition) is 1. The van der Waals surface area contributed by atoms with Crippen LogP contribution < -0.4 is 10.2 Å². The van der Waals surface area contributed by atoms with Crippen molar-refractivity contribution >= 4 is 29.2 Å². The largest absolute Gasteiger partial charge is 0.459 e.